The molecule has 0 atom stereocenters. The van der Waals surface area contributed by atoms with Crippen molar-refractivity contribution in [2.24, 2.45) is 0 Å². The van der Waals surface area contributed by atoms with Crippen LogP contribution < -0.4 is 5.73 Å². The summed E-state index contributed by atoms with van der Waals surface area (Å²) in [7, 11) is 0. The minimum atomic E-state index is -0.345. The molecule has 1 aromatic carbocycles. The molecule has 0 saturated carbocycles. The molecule has 0 aliphatic rings. The van der Waals surface area contributed by atoms with Crippen LogP contribution in [0.5, 0.6) is 0 Å². The minimum Gasteiger partial charge on any atom is -0.462 e. The van der Waals surface area contributed by atoms with Gasteiger partial charge in [0.1, 0.15) is 0 Å². The van der Waals surface area contributed by atoms with Crippen molar-refractivity contribution in [1.29, 1.82) is 0 Å². The van der Waals surface area contributed by atoms with E-state index in [4.69, 9.17) is 10.5 Å². The zero-order valence-corrected chi connectivity index (χ0v) is 8.76. The van der Waals surface area contributed by atoms with Gasteiger partial charge < -0.3 is 10.5 Å². The molecule has 76 valence electrons. The van der Waals surface area contributed by atoms with Crippen molar-refractivity contribution in [3.63, 3.8) is 0 Å². The van der Waals surface area contributed by atoms with Crippen molar-refractivity contribution < 1.29 is 9.53 Å². The van der Waals surface area contributed by atoms with E-state index in [0.29, 0.717) is 17.9 Å². The van der Waals surface area contributed by atoms with Crippen molar-refractivity contribution >= 4 is 11.7 Å². The van der Waals surface area contributed by atoms with Crippen LogP contribution in [-0.2, 0) is 4.74 Å². The van der Waals surface area contributed by atoms with Gasteiger partial charge in [-0.25, -0.2) is 4.79 Å². The highest BCUT2D eigenvalue weighted by atomic mass is 16.5. The van der Waals surface area contributed by atoms with E-state index < -0.39 is 0 Å². The standard InChI is InChI=1S/C11H15NO2/c1-4-14-11(13)10-8(3)5-7(2)6-9(10)12/h5-6H,4,12H2,1-3H3. The van der Waals surface area contributed by atoms with Gasteiger partial charge in [-0.2, -0.15) is 0 Å². The van der Waals surface area contributed by atoms with Crippen LogP contribution in [0.3, 0.4) is 0 Å². The van der Waals surface area contributed by atoms with Gasteiger partial charge in [-0.1, -0.05) is 6.07 Å². The number of anilines is 1. The highest BCUT2D eigenvalue weighted by molar-refractivity contribution is 5.96. The maximum atomic E-state index is 11.5. The quantitative estimate of drug-likeness (QED) is 0.577. The van der Waals surface area contributed by atoms with E-state index in [2.05, 4.69) is 0 Å². The van der Waals surface area contributed by atoms with Gasteiger partial charge in [0.25, 0.3) is 0 Å². The summed E-state index contributed by atoms with van der Waals surface area (Å²) < 4.78 is 4.91. The van der Waals surface area contributed by atoms with E-state index in [1.165, 1.54) is 0 Å². The molecule has 2 N–H and O–H groups in total. The van der Waals surface area contributed by atoms with Gasteiger partial charge in [0, 0.05) is 5.69 Å². The molecule has 0 aliphatic heterocycles. The van der Waals surface area contributed by atoms with Gasteiger partial charge in [0.05, 0.1) is 12.2 Å². The summed E-state index contributed by atoms with van der Waals surface area (Å²) in [5.41, 5.74) is 8.63. The minimum absolute atomic E-state index is 0.345. The Kier molecular flexibility index (Phi) is 3.12. The predicted molar refractivity (Wildman–Crippen MR) is 56.3 cm³/mol. The van der Waals surface area contributed by atoms with Gasteiger partial charge in [0.2, 0.25) is 0 Å². The number of ether oxygens (including phenoxy) is 1. The average Bonchev–Trinajstić information content (AvgIpc) is 2.01. The smallest absolute Gasteiger partial charge is 0.340 e. The zero-order valence-electron chi connectivity index (χ0n) is 8.76. The van der Waals surface area contributed by atoms with Gasteiger partial charge in [-0.15, -0.1) is 0 Å². The summed E-state index contributed by atoms with van der Waals surface area (Å²) in [6.07, 6.45) is 0. The molecule has 0 aliphatic carbocycles. The Bertz CT molecular complexity index is 335. The van der Waals surface area contributed by atoms with Crippen LogP contribution in [-0.4, -0.2) is 12.6 Å². The Hall–Kier alpha value is -1.51. The van der Waals surface area contributed by atoms with Crippen LogP contribution in [0.2, 0.25) is 0 Å². The summed E-state index contributed by atoms with van der Waals surface area (Å²) in [4.78, 5) is 11.5. The molecule has 0 unspecified atom stereocenters. The van der Waals surface area contributed by atoms with Gasteiger partial charge in [0.15, 0.2) is 0 Å². The van der Waals surface area contributed by atoms with Crippen molar-refractivity contribution in [2.75, 3.05) is 12.3 Å². The maximum absolute atomic E-state index is 11.5. The molecule has 0 radical (unpaired) electrons. The number of aryl methyl sites for hydroxylation is 2. The number of rotatable bonds is 2. The van der Waals surface area contributed by atoms with Crippen LogP contribution >= 0.6 is 0 Å². The zero-order chi connectivity index (χ0) is 10.7. The Morgan fingerprint density at radius 1 is 1.43 bits per heavy atom. The van der Waals surface area contributed by atoms with Gasteiger partial charge in [-0.05, 0) is 38.0 Å². The molecule has 0 saturated heterocycles. The topological polar surface area (TPSA) is 52.3 Å². The first-order valence-corrected chi connectivity index (χ1v) is 4.60. The molecule has 3 nitrogen and oxygen atoms in total. The summed E-state index contributed by atoms with van der Waals surface area (Å²) in [5.74, 6) is -0.345. The molecule has 0 fully saturated rings. The molecule has 14 heavy (non-hydrogen) atoms. The van der Waals surface area contributed by atoms with Gasteiger partial charge in [-0.3, -0.25) is 0 Å². The highest BCUT2D eigenvalue weighted by Gasteiger charge is 2.13. The lowest BCUT2D eigenvalue weighted by molar-refractivity contribution is 0.0527. The van der Waals surface area contributed by atoms with E-state index >= 15 is 0 Å². The number of carbonyl (C=O) groups is 1. The van der Waals surface area contributed by atoms with Crippen molar-refractivity contribution in [3.8, 4) is 0 Å². The third-order valence-electron chi connectivity index (χ3n) is 1.99. The summed E-state index contributed by atoms with van der Waals surface area (Å²) in [5, 5.41) is 0. The lowest BCUT2D eigenvalue weighted by atomic mass is 10.0. The number of nitrogen functional groups attached to an aromatic ring is 1. The van der Waals surface area contributed by atoms with Crippen molar-refractivity contribution in [3.05, 3.63) is 28.8 Å². The largest absolute Gasteiger partial charge is 0.462 e. The third kappa shape index (κ3) is 2.05. The second kappa shape index (κ2) is 4.13. The Morgan fingerprint density at radius 2 is 2.07 bits per heavy atom. The number of hydrogen-bond acceptors (Lipinski definition) is 3. The first-order chi connectivity index (χ1) is 6.56. The Morgan fingerprint density at radius 3 is 2.57 bits per heavy atom. The number of carbonyl (C=O) groups excluding carboxylic acids is 1. The fourth-order valence-electron chi connectivity index (χ4n) is 1.48. The summed E-state index contributed by atoms with van der Waals surface area (Å²) >= 11 is 0. The normalized spacial score (nSPS) is 9.93. The van der Waals surface area contributed by atoms with Crippen LogP contribution in [0.15, 0.2) is 12.1 Å². The SMILES string of the molecule is CCOC(=O)c1c(C)cc(C)cc1N. The second-order valence-electron chi connectivity index (χ2n) is 3.27. The fraction of sp³-hybridized carbons (Fsp3) is 0.364. The third-order valence-corrected chi connectivity index (χ3v) is 1.99. The summed E-state index contributed by atoms with van der Waals surface area (Å²) in [6.45, 7) is 5.94. The molecular weight excluding hydrogens is 178 g/mol. The maximum Gasteiger partial charge on any atom is 0.340 e. The van der Waals surface area contributed by atoms with Crippen LogP contribution in [0.1, 0.15) is 28.4 Å². The molecule has 0 spiro atoms. The number of nitrogens with two attached hydrogens (primary N) is 1. The van der Waals surface area contributed by atoms with E-state index in [9.17, 15) is 4.79 Å². The monoisotopic (exact) mass is 193 g/mol. The van der Waals surface area contributed by atoms with Crippen molar-refractivity contribution in [1.82, 2.24) is 0 Å². The van der Waals surface area contributed by atoms with Crippen LogP contribution in [0.25, 0.3) is 0 Å². The highest BCUT2D eigenvalue weighted by Crippen LogP contribution is 2.19. The molecule has 0 bridgehead atoms. The number of esters is 1. The molecule has 1 aromatic rings. The molecule has 0 aromatic heterocycles. The first kappa shape index (κ1) is 10.6. The Balaban J connectivity index is 3.14. The lowest BCUT2D eigenvalue weighted by Crippen LogP contribution is -2.10. The van der Waals surface area contributed by atoms with Crippen LogP contribution in [0.4, 0.5) is 5.69 Å². The average molecular weight is 193 g/mol. The molecule has 0 heterocycles. The number of hydrogen-bond donors (Lipinski definition) is 1. The molecular formula is C11H15NO2. The predicted octanol–water partition coefficient (Wildman–Crippen LogP) is 2.06. The first-order valence-electron chi connectivity index (χ1n) is 4.60. The van der Waals surface area contributed by atoms with E-state index in [-0.39, 0.29) is 5.97 Å². The Labute approximate surface area is 83.9 Å². The van der Waals surface area contributed by atoms with E-state index in [0.717, 1.165) is 11.1 Å². The number of benzene rings is 1. The van der Waals surface area contributed by atoms with E-state index in [1.54, 1.807) is 13.0 Å². The van der Waals surface area contributed by atoms with Gasteiger partial charge >= 0.3 is 5.97 Å². The van der Waals surface area contributed by atoms with Crippen LogP contribution in [0, 0.1) is 13.8 Å². The van der Waals surface area contributed by atoms with E-state index in [1.807, 2.05) is 19.9 Å². The molecule has 3 heteroatoms. The summed E-state index contributed by atoms with van der Waals surface area (Å²) in [6, 6.07) is 3.70. The lowest BCUT2D eigenvalue weighted by Gasteiger charge is -2.09. The molecule has 1 rings (SSSR count). The fourth-order valence-corrected chi connectivity index (χ4v) is 1.48. The molecule has 0 amide bonds. The second-order valence-corrected chi connectivity index (χ2v) is 3.27. The van der Waals surface area contributed by atoms with Crippen molar-refractivity contribution in [2.45, 2.75) is 20.8 Å².